The van der Waals surface area contributed by atoms with Gasteiger partial charge in [0.2, 0.25) is 11.1 Å². The van der Waals surface area contributed by atoms with Crippen molar-refractivity contribution in [3.63, 3.8) is 0 Å². The third kappa shape index (κ3) is 4.77. The number of carbonyl (C=O) groups is 1. The summed E-state index contributed by atoms with van der Waals surface area (Å²) in [4.78, 5) is 12.4. The highest BCUT2D eigenvalue weighted by Crippen LogP contribution is 2.35. The van der Waals surface area contributed by atoms with Crippen LogP contribution < -0.4 is 20.6 Å². The smallest absolute Gasteiger partial charge is 0.230 e. The van der Waals surface area contributed by atoms with E-state index in [1.807, 2.05) is 43.3 Å². The molecule has 0 bridgehead atoms. The number of hydrogen-bond donors (Lipinski definition) is 2. The summed E-state index contributed by atoms with van der Waals surface area (Å²) in [7, 11) is 0. The van der Waals surface area contributed by atoms with Crippen LogP contribution in [0.5, 0.6) is 11.5 Å². The number of amides is 1. The minimum atomic E-state index is -0.471. The summed E-state index contributed by atoms with van der Waals surface area (Å²) in [6.45, 7) is 4.36. The Bertz CT molecular complexity index is 1050. The van der Waals surface area contributed by atoms with E-state index in [1.54, 1.807) is 0 Å². The molecule has 1 aliphatic heterocycles. The Kier molecular flexibility index (Phi) is 6.31. The zero-order valence-corrected chi connectivity index (χ0v) is 18.3. The molecule has 0 aliphatic carbocycles. The second kappa shape index (κ2) is 9.30. The third-order valence-electron chi connectivity index (χ3n) is 5.09. The second-order valence-corrected chi connectivity index (χ2v) is 8.19. The van der Waals surface area contributed by atoms with Crippen molar-refractivity contribution in [3.05, 3.63) is 65.5 Å². The fourth-order valence-corrected chi connectivity index (χ4v) is 3.97. The Balaban J connectivity index is 1.33. The van der Waals surface area contributed by atoms with Crippen LogP contribution in [0.4, 0.5) is 0 Å². The number of carbonyl (C=O) groups excluding carboxylic acids is 1. The maximum absolute atomic E-state index is 12.4. The molecule has 2 aromatic carbocycles. The highest BCUT2D eigenvalue weighted by Gasteiger charge is 2.28. The molecule has 4 rings (SSSR count). The van der Waals surface area contributed by atoms with Crippen LogP contribution in [-0.4, -0.2) is 33.1 Å². The predicted molar refractivity (Wildman–Crippen MR) is 119 cm³/mol. The van der Waals surface area contributed by atoms with E-state index >= 15 is 0 Å². The van der Waals surface area contributed by atoms with E-state index in [4.69, 9.17) is 15.3 Å². The molecule has 0 saturated heterocycles. The number of hydrogen-bond acceptors (Lipinski definition) is 7. The number of rotatable bonds is 7. The van der Waals surface area contributed by atoms with Crippen LogP contribution in [0.2, 0.25) is 0 Å². The SMILES string of the molecule is CCc1ccc(C(C)NC(=O)CSc2nnc(C3COc4ccccc4O3)n2N)cc1. The van der Waals surface area contributed by atoms with Crippen molar-refractivity contribution >= 4 is 17.7 Å². The van der Waals surface area contributed by atoms with Crippen molar-refractivity contribution in [2.75, 3.05) is 18.2 Å². The minimum Gasteiger partial charge on any atom is -0.485 e. The molecule has 1 amide bonds. The van der Waals surface area contributed by atoms with Gasteiger partial charge in [0.1, 0.15) is 6.61 Å². The molecular weight excluding hydrogens is 414 g/mol. The minimum absolute atomic E-state index is 0.0850. The van der Waals surface area contributed by atoms with Crippen molar-refractivity contribution in [1.82, 2.24) is 20.2 Å². The van der Waals surface area contributed by atoms with Gasteiger partial charge in [-0.25, -0.2) is 4.68 Å². The van der Waals surface area contributed by atoms with Gasteiger partial charge in [-0.15, -0.1) is 10.2 Å². The van der Waals surface area contributed by atoms with Crippen LogP contribution >= 0.6 is 11.8 Å². The molecule has 0 spiro atoms. The zero-order chi connectivity index (χ0) is 21.8. The summed E-state index contributed by atoms with van der Waals surface area (Å²) in [5.41, 5.74) is 2.33. The predicted octanol–water partition coefficient (Wildman–Crippen LogP) is 3.04. The number of nitrogen functional groups attached to an aromatic ring is 1. The number of nitrogens with two attached hydrogens (primary N) is 1. The second-order valence-electron chi connectivity index (χ2n) is 7.25. The number of aryl methyl sites for hydroxylation is 1. The number of para-hydroxylation sites is 2. The molecule has 0 radical (unpaired) electrons. The highest BCUT2D eigenvalue weighted by molar-refractivity contribution is 7.99. The number of thioether (sulfide) groups is 1. The van der Waals surface area contributed by atoms with Gasteiger partial charge in [-0.3, -0.25) is 4.79 Å². The van der Waals surface area contributed by atoms with E-state index < -0.39 is 6.10 Å². The van der Waals surface area contributed by atoms with Gasteiger partial charge in [-0.1, -0.05) is 55.1 Å². The number of benzene rings is 2. The number of aromatic nitrogens is 3. The van der Waals surface area contributed by atoms with E-state index in [1.165, 1.54) is 22.0 Å². The van der Waals surface area contributed by atoms with Crippen LogP contribution in [-0.2, 0) is 11.2 Å². The summed E-state index contributed by atoms with van der Waals surface area (Å²) in [6.07, 6.45) is 0.519. The number of nitrogens with one attached hydrogen (secondary N) is 1. The van der Waals surface area contributed by atoms with Crippen molar-refractivity contribution in [2.45, 2.75) is 37.6 Å². The highest BCUT2D eigenvalue weighted by atomic mass is 32.2. The molecule has 0 saturated carbocycles. The van der Waals surface area contributed by atoms with Crippen LogP contribution in [0.1, 0.15) is 42.9 Å². The first kappa shape index (κ1) is 21.0. The molecule has 31 heavy (non-hydrogen) atoms. The summed E-state index contributed by atoms with van der Waals surface area (Å²) in [5.74, 6) is 8.01. The third-order valence-corrected chi connectivity index (χ3v) is 6.03. The van der Waals surface area contributed by atoms with E-state index in [0.717, 1.165) is 12.0 Å². The Morgan fingerprint density at radius 1 is 1.23 bits per heavy atom. The van der Waals surface area contributed by atoms with Crippen molar-refractivity contribution in [1.29, 1.82) is 0 Å². The first-order valence-corrected chi connectivity index (χ1v) is 11.1. The van der Waals surface area contributed by atoms with E-state index in [0.29, 0.717) is 22.5 Å². The number of ether oxygens (including phenoxy) is 2. The zero-order valence-electron chi connectivity index (χ0n) is 17.4. The molecule has 3 N–H and O–H groups in total. The molecule has 1 aromatic heterocycles. The van der Waals surface area contributed by atoms with Crippen LogP contribution in [0.25, 0.3) is 0 Å². The van der Waals surface area contributed by atoms with E-state index in [9.17, 15) is 4.79 Å². The Hall–Kier alpha value is -3.20. The van der Waals surface area contributed by atoms with Gasteiger partial charge in [0.05, 0.1) is 11.8 Å². The lowest BCUT2D eigenvalue weighted by Crippen LogP contribution is -2.29. The monoisotopic (exact) mass is 439 g/mol. The molecule has 3 aromatic rings. The van der Waals surface area contributed by atoms with Crippen molar-refractivity contribution in [3.8, 4) is 11.5 Å². The topological polar surface area (TPSA) is 104 Å². The first-order chi connectivity index (χ1) is 15.0. The largest absolute Gasteiger partial charge is 0.485 e. The molecule has 2 heterocycles. The fraction of sp³-hybridized carbons (Fsp3) is 0.318. The van der Waals surface area contributed by atoms with Gasteiger partial charge in [0.25, 0.3) is 0 Å². The van der Waals surface area contributed by atoms with Gasteiger partial charge < -0.3 is 20.6 Å². The molecular formula is C22H25N5O3S. The average molecular weight is 440 g/mol. The maximum atomic E-state index is 12.4. The summed E-state index contributed by atoms with van der Waals surface area (Å²) < 4.78 is 13.0. The standard InChI is InChI=1S/C22H25N5O3S/c1-3-15-8-10-16(11-9-15)14(2)24-20(28)13-31-22-26-25-21(27(22)23)19-12-29-17-6-4-5-7-18(17)30-19/h4-11,14,19H,3,12-13,23H2,1-2H3,(H,24,28). The Morgan fingerprint density at radius 3 is 2.71 bits per heavy atom. The van der Waals surface area contributed by atoms with Gasteiger partial charge in [-0.2, -0.15) is 0 Å². The molecule has 2 unspecified atom stereocenters. The van der Waals surface area contributed by atoms with Crippen LogP contribution in [0.3, 0.4) is 0 Å². The lowest BCUT2D eigenvalue weighted by Gasteiger charge is -2.25. The van der Waals surface area contributed by atoms with E-state index in [-0.39, 0.29) is 24.3 Å². The maximum Gasteiger partial charge on any atom is 0.230 e. The van der Waals surface area contributed by atoms with Gasteiger partial charge >= 0.3 is 0 Å². The first-order valence-electron chi connectivity index (χ1n) is 10.1. The van der Waals surface area contributed by atoms with Crippen molar-refractivity contribution in [2.24, 2.45) is 0 Å². The molecule has 8 nitrogen and oxygen atoms in total. The van der Waals surface area contributed by atoms with Crippen LogP contribution in [0, 0.1) is 0 Å². The molecule has 2 atom stereocenters. The fourth-order valence-electron chi connectivity index (χ4n) is 3.29. The van der Waals surface area contributed by atoms with E-state index in [2.05, 4.69) is 34.6 Å². The molecule has 9 heteroatoms. The van der Waals surface area contributed by atoms with Crippen LogP contribution in [0.15, 0.2) is 53.7 Å². The average Bonchev–Trinajstić information content (AvgIpc) is 3.17. The molecule has 162 valence electrons. The van der Waals surface area contributed by atoms with Gasteiger partial charge in [0, 0.05) is 0 Å². The van der Waals surface area contributed by atoms with Gasteiger partial charge in [-0.05, 0) is 36.6 Å². The van der Waals surface area contributed by atoms with Crippen molar-refractivity contribution < 1.29 is 14.3 Å². The Morgan fingerprint density at radius 2 is 1.97 bits per heavy atom. The number of nitrogens with zero attached hydrogens (tertiary/aromatic N) is 3. The number of fused-ring (bicyclic) bond motifs is 1. The normalized spacial score (nSPS) is 16.0. The molecule has 0 fully saturated rings. The lowest BCUT2D eigenvalue weighted by molar-refractivity contribution is -0.119. The molecule has 1 aliphatic rings. The summed E-state index contributed by atoms with van der Waals surface area (Å²) in [6, 6.07) is 15.6. The lowest BCUT2D eigenvalue weighted by atomic mass is 10.1. The quantitative estimate of drug-likeness (QED) is 0.431. The van der Waals surface area contributed by atoms with Gasteiger partial charge in [0.15, 0.2) is 23.4 Å². The summed E-state index contributed by atoms with van der Waals surface area (Å²) in [5, 5.41) is 11.7. The summed E-state index contributed by atoms with van der Waals surface area (Å²) >= 11 is 1.22. The Labute approximate surface area is 185 Å².